The number of benzene rings is 2. The van der Waals surface area contributed by atoms with Crippen molar-refractivity contribution in [3.8, 4) is 0 Å². The Morgan fingerprint density at radius 1 is 1.05 bits per heavy atom. The number of hydrogen-bond acceptors (Lipinski definition) is 4. The largest absolute Gasteiger partial charge is 0.270 e. The SMILES string of the molecule is O=[N+]([O-])c1ccc(/C=C/c2ccccc2)c(S(=O)(=O)Cl)c1. The maximum atomic E-state index is 11.5. The van der Waals surface area contributed by atoms with Crippen LogP contribution in [0.4, 0.5) is 5.69 Å². The monoisotopic (exact) mass is 323 g/mol. The summed E-state index contributed by atoms with van der Waals surface area (Å²) in [7, 11) is 1.26. The summed E-state index contributed by atoms with van der Waals surface area (Å²) in [6.45, 7) is 0. The topological polar surface area (TPSA) is 77.3 Å². The average Bonchev–Trinajstić information content (AvgIpc) is 2.45. The molecule has 0 saturated carbocycles. The molecule has 0 spiro atoms. The van der Waals surface area contributed by atoms with Gasteiger partial charge in [-0.05, 0) is 17.2 Å². The Hall–Kier alpha value is -2.18. The van der Waals surface area contributed by atoms with Gasteiger partial charge in [0.15, 0.2) is 0 Å². The zero-order valence-corrected chi connectivity index (χ0v) is 12.2. The minimum atomic E-state index is -4.08. The van der Waals surface area contributed by atoms with E-state index in [2.05, 4.69) is 0 Å². The van der Waals surface area contributed by atoms with E-state index in [4.69, 9.17) is 10.7 Å². The van der Waals surface area contributed by atoms with Crippen molar-refractivity contribution in [2.45, 2.75) is 4.90 Å². The number of hydrogen-bond donors (Lipinski definition) is 0. The fraction of sp³-hybridized carbons (Fsp3) is 0. The smallest absolute Gasteiger partial charge is 0.258 e. The lowest BCUT2D eigenvalue weighted by Gasteiger charge is -2.02. The van der Waals surface area contributed by atoms with E-state index >= 15 is 0 Å². The third-order valence-electron chi connectivity index (χ3n) is 2.73. The molecule has 0 radical (unpaired) electrons. The van der Waals surface area contributed by atoms with Gasteiger partial charge in [-0.3, -0.25) is 10.1 Å². The van der Waals surface area contributed by atoms with Crippen LogP contribution in [0.1, 0.15) is 11.1 Å². The summed E-state index contributed by atoms with van der Waals surface area (Å²) < 4.78 is 23.1. The van der Waals surface area contributed by atoms with Gasteiger partial charge in [-0.25, -0.2) is 8.42 Å². The summed E-state index contributed by atoms with van der Waals surface area (Å²) in [4.78, 5) is 9.76. The van der Waals surface area contributed by atoms with E-state index in [1.54, 1.807) is 12.2 Å². The highest BCUT2D eigenvalue weighted by Gasteiger charge is 2.18. The van der Waals surface area contributed by atoms with E-state index < -0.39 is 14.0 Å². The lowest BCUT2D eigenvalue weighted by atomic mass is 10.1. The summed E-state index contributed by atoms with van der Waals surface area (Å²) in [5.41, 5.74) is 0.833. The molecule has 21 heavy (non-hydrogen) atoms. The van der Waals surface area contributed by atoms with E-state index in [1.807, 2.05) is 30.3 Å². The Morgan fingerprint density at radius 3 is 2.29 bits per heavy atom. The summed E-state index contributed by atoms with van der Waals surface area (Å²) in [6, 6.07) is 12.8. The third kappa shape index (κ3) is 3.90. The molecule has 2 aromatic rings. The minimum absolute atomic E-state index is 0.287. The van der Waals surface area contributed by atoms with E-state index in [-0.39, 0.29) is 10.6 Å². The molecule has 7 heteroatoms. The molecule has 5 nitrogen and oxygen atoms in total. The van der Waals surface area contributed by atoms with Crippen molar-refractivity contribution in [3.05, 3.63) is 69.8 Å². The first-order valence-electron chi connectivity index (χ1n) is 5.84. The van der Waals surface area contributed by atoms with E-state index in [0.29, 0.717) is 5.56 Å². The highest BCUT2D eigenvalue weighted by atomic mass is 35.7. The Kier molecular flexibility index (Phi) is 4.40. The number of rotatable bonds is 4. The molecular formula is C14H10ClNO4S. The zero-order chi connectivity index (χ0) is 15.5. The second kappa shape index (κ2) is 6.07. The van der Waals surface area contributed by atoms with Gasteiger partial charge in [0.2, 0.25) is 0 Å². The van der Waals surface area contributed by atoms with Gasteiger partial charge in [-0.2, -0.15) is 0 Å². The van der Waals surface area contributed by atoms with Crippen LogP contribution in [0.15, 0.2) is 53.4 Å². The van der Waals surface area contributed by atoms with Gasteiger partial charge >= 0.3 is 0 Å². The molecule has 0 heterocycles. The Balaban J connectivity index is 2.49. The lowest BCUT2D eigenvalue weighted by Crippen LogP contribution is -1.97. The van der Waals surface area contributed by atoms with Crippen molar-refractivity contribution >= 4 is 37.6 Å². The molecule has 0 aromatic heterocycles. The lowest BCUT2D eigenvalue weighted by molar-refractivity contribution is -0.385. The number of nitrogens with zero attached hydrogens (tertiary/aromatic N) is 1. The first kappa shape index (κ1) is 15.2. The van der Waals surface area contributed by atoms with Crippen LogP contribution in [0.25, 0.3) is 12.2 Å². The number of nitro benzene ring substituents is 1. The van der Waals surface area contributed by atoms with Crippen molar-refractivity contribution < 1.29 is 13.3 Å². The standard InChI is InChI=1S/C14H10ClNO4S/c15-21(19,20)14-10-13(16(17)18)9-8-12(14)7-6-11-4-2-1-3-5-11/h1-10H/b7-6+. The molecule has 0 atom stereocenters. The van der Waals surface area contributed by atoms with Crippen LogP contribution in [0.5, 0.6) is 0 Å². The van der Waals surface area contributed by atoms with Crippen LogP contribution in [0, 0.1) is 10.1 Å². The van der Waals surface area contributed by atoms with Gasteiger partial charge in [-0.1, -0.05) is 42.5 Å². The van der Waals surface area contributed by atoms with Crippen LogP contribution in [-0.4, -0.2) is 13.3 Å². The molecule has 0 saturated heterocycles. The maximum Gasteiger partial charge on any atom is 0.270 e. The molecule has 0 amide bonds. The van der Waals surface area contributed by atoms with Gasteiger partial charge in [0, 0.05) is 22.8 Å². The highest BCUT2D eigenvalue weighted by Crippen LogP contribution is 2.26. The molecule has 2 aromatic carbocycles. The summed E-state index contributed by atoms with van der Waals surface area (Å²) in [5, 5.41) is 10.7. The van der Waals surface area contributed by atoms with Crippen LogP contribution in [-0.2, 0) is 9.05 Å². The second-order valence-corrected chi connectivity index (χ2v) is 6.70. The predicted octanol–water partition coefficient (Wildman–Crippen LogP) is 3.69. The minimum Gasteiger partial charge on any atom is -0.258 e. The van der Waals surface area contributed by atoms with Gasteiger partial charge in [0.25, 0.3) is 14.7 Å². The molecule has 0 N–H and O–H groups in total. The van der Waals surface area contributed by atoms with Gasteiger partial charge < -0.3 is 0 Å². The highest BCUT2D eigenvalue weighted by molar-refractivity contribution is 8.13. The molecular weight excluding hydrogens is 314 g/mol. The molecule has 0 aliphatic heterocycles. The Bertz CT molecular complexity index is 801. The van der Waals surface area contributed by atoms with Crippen molar-refractivity contribution in [2.75, 3.05) is 0 Å². The number of nitro groups is 1. The van der Waals surface area contributed by atoms with E-state index in [0.717, 1.165) is 11.6 Å². The van der Waals surface area contributed by atoms with Crippen molar-refractivity contribution in [3.63, 3.8) is 0 Å². The zero-order valence-electron chi connectivity index (χ0n) is 10.6. The first-order chi connectivity index (χ1) is 9.88. The van der Waals surface area contributed by atoms with Crippen molar-refractivity contribution in [1.82, 2.24) is 0 Å². The average molecular weight is 324 g/mol. The van der Waals surface area contributed by atoms with E-state index in [1.165, 1.54) is 12.1 Å². The second-order valence-electron chi connectivity index (χ2n) is 4.16. The fourth-order valence-corrected chi connectivity index (χ4v) is 2.82. The molecule has 0 aliphatic rings. The molecule has 108 valence electrons. The van der Waals surface area contributed by atoms with Crippen molar-refractivity contribution in [1.29, 1.82) is 0 Å². The fourth-order valence-electron chi connectivity index (χ4n) is 1.74. The molecule has 0 aliphatic carbocycles. The van der Waals surface area contributed by atoms with E-state index in [9.17, 15) is 18.5 Å². The predicted molar refractivity (Wildman–Crippen MR) is 81.5 cm³/mol. The third-order valence-corrected chi connectivity index (χ3v) is 4.10. The van der Waals surface area contributed by atoms with Crippen LogP contribution >= 0.6 is 10.7 Å². The quantitative estimate of drug-likeness (QED) is 0.372. The summed E-state index contributed by atoms with van der Waals surface area (Å²) >= 11 is 0. The Labute approximate surface area is 126 Å². The normalized spacial score (nSPS) is 11.7. The molecule has 0 unspecified atom stereocenters. The van der Waals surface area contributed by atoms with Gasteiger partial charge in [-0.15, -0.1) is 0 Å². The first-order valence-corrected chi connectivity index (χ1v) is 8.15. The Morgan fingerprint density at radius 2 is 1.71 bits per heavy atom. The van der Waals surface area contributed by atoms with Crippen molar-refractivity contribution in [2.24, 2.45) is 0 Å². The summed E-state index contributed by atoms with van der Waals surface area (Å²) in [6.07, 6.45) is 3.25. The molecule has 0 fully saturated rings. The number of halogens is 1. The van der Waals surface area contributed by atoms with Gasteiger partial charge in [0.05, 0.1) is 9.82 Å². The van der Waals surface area contributed by atoms with Gasteiger partial charge in [0.1, 0.15) is 0 Å². The molecule has 2 rings (SSSR count). The summed E-state index contributed by atoms with van der Waals surface area (Å²) in [5.74, 6) is 0. The van der Waals surface area contributed by atoms with Crippen LogP contribution in [0.3, 0.4) is 0 Å². The van der Waals surface area contributed by atoms with Crippen LogP contribution in [0.2, 0.25) is 0 Å². The maximum absolute atomic E-state index is 11.5. The van der Waals surface area contributed by atoms with Crippen LogP contribution < -0.4 is 0 Å². The molecule has 0 bridgehead atoms. The number of non-ortho nitro benzene ring substituents is 1.